The van der Waals surface area contributed by atoms with Crippen molar-refractivity contribution in [3.8, 4) is 0 Å². The Morgan fingerprint density at radius 3 is 3.00 bits per heavy atom. The summed E-state index contributed by atoms with van der Waals surface area (Å²) in [5.41, 5.74) is 3.52. The van der Waals surface area contributed by atoms with E-state index in [0.717, 1.165) is 24.8 Å². The van der Waals surface area contributed by atoms with Gasteiger partial charge in [0.2, 0.25) is 11.6 Å². The molecule has 1 atom stereocenters. The Morgan fingerprint density at radius 2 is 2.15 bits per heavy atom. The van der Waals surface area contributed by atoms with Gasteiger partial charge in [-0.2, -0.15) is 0 Å². The highest BCUT2D eigenvalue weighted by molar-refractivity contribution is 5.78. The van der Waals surface area contributed by atoms with E-state index in [9.17, 15) is 9.59 Å². The van der Waals surface area contributed by atoms with Crippen LogP contribution in [0.3, 0.4) is 0 Å². The van der Waals surface area contributed by atoms with Crippen molar-refractivity contribution in [1.29, 1.82) is 0 Å². The largest absolute Gasteiger partial charge is 0.443 e. The number of amides is 1. The smallest absolute Gasteiger partial charge is 0.264 e. The zero-order chi connectivity index (χ0) is 19.0. The van der Waals surface area contributed by atoms with E-state index in [-0.39, 0.29) is 23.9 Å². The maximum Gasteiger partial charge on any atom is 0.264 e. The molecule has 1 unspecified atom stereocenters. The predicted octanol–water partition coefficient (Wildman–Crippen LogP) is 3.19. The lowest BCUT2D eigenvalue weighted by Crippen LogP contribution is -2.32. The number of fused-ring (bicyclic) bond motifs is 2. The summed E-state index contributed by atoms with van der Waals surface area (Å²) < 4.78 is 6.97. The summed E-state index contributed by atoms with van der Waals surface area (Å²) in [4.78, 5) is 29.3. The van der Waals surface area contributed by atoms with E-state index >= 15 is 0 Å². The van der Waals surface area contributed by atoms with Crippen LogP contribution in [0, 0.1) is 13.8 Å². The molecule has 0 radical (unpaired) electrons. The number of hydrogen-bond donors (Lipinski definition) is 1. The van der Waals surface area contributed by atoms with Gasteiger partial charge in [0, 0.05) is 18.5 Å². The van der Waals surface area contributed by atoms with E-state index in [4.69, 9.17) is 4.42 Å². The zero-order valence-corrected chi connectivity index (χ0v) is 15.6. The highest BCUT2D eigenvalue weighted by Gasteiger charge is 2.21. The van der Waals surface area contributed by atoms with Crippen molar-refractivity contribution in [2.75, 3.05) is 0 Å². The second-order valence-corrected chi connectivity index (χ2v) is 7.17. The van der Waals surface area contributed by atoms with Crippen molar-refractivity contribution in [2.24, 2.45) is 0 Å². The van der Waals surface area contributed by atoms with Gasteiger partial charge in [-0.15, -0.1) is 0 Å². The van der Waals surface area contributed by atoms with Gasteiger partial charge in [0.05, 0.1) is 6.04 Å². The van der Waals surface area contributed by atoms with Crippen molar-refractivity contribution in [3.05, 3.63) is 63.4 Å². The van der Waals surface area contributed by atoms with Crippen molar-refractivity contribution < 1.29 is 9.21 Å². The lowest BCUT2D eigenvalue weighted by atomic mass is 9.88. The summed E-state index contributed by atoms with van der Waals surface area (Å²) in [6, 6.07) is 8.32. The fourth-order valence-corrected chi connectivity index (χ4v) is 3.82. The average Bonchev–Trinajstić information content (AvgIpc) is 2.96. The summed E-state index contributed by atoms with van der Waals surface area (Å²) in [6.45, 7) is 3.96. The second kappa shape index (κ2) is 7.02. The van der Waals surface area contributed by atoms with Crippen molar-refractivity contribution in [1.82, 2.24) is 14.9 Å². The number of nitrogens with zero attached hydrogens (tertiary/aromatic N) is 2. The molecule has 0 saturated heterocycles. The van der Waals surface area contributed by atoms with E-state index in [2.05, 4.69) is 22.4 Å². The lowest BCUT2D eigenvalue weighted by molar-refractivity contribution is -0.122. The standard InChI is InChI=1S/C21H23N3O3/c1-13-14(2)27-20-19(13)21(26)24(12-22-20)11-10-18(25)23-17-9-5-7-15-6-3-4-8-16(15)17/h3-4,6,8,12,17H,5,7,9-11H2,1-2H3,(H,23,25). The average molecular weight is 365 g/mol. The van der Waals surface area contributed by atoms with Crippen LogP contribution in [0.5, 0.6) is 0 Å². The number of furan rings is 1. The van der Waals surface area contributed by atoms with Crippen molar-refractivity contribution in [2.45, 2.75) is 52.1 Å². The molecule has 3 aromatic rings. The van der Waals surface area contributed by atoms with E-state index in [1.165, 1.54) is 22.0 Å². The SMILES string of the molecule is Cc1oc2ncn(CCC(=O)NC3CCCc4ccccc43)c(=O)c2c1C. The molecule has 0 spiro atoms. The molecule has 27 heavy (non-hydrogen) atoms. The van der Waals surface area contributed by atoms with E-state index in [1.807, 2.05) is 26.0 Å². The highest BCUT2D eigenvalue weighted by atomic mass is 16.3. The van der Waals surface area contributed by atoms with Gasteiger partial charge in [-0.25, -0.2) is 4.98 Å². The number of benzene rings is 1. The molecular formula is C21H23N3O3. The van der Waals surface area contributed by atoms with Crippen LogP contribution in [-0.4, -0.2) is 15.5 Å². The molecule has 0 saturated carbocycles. The first-order valence-electron chi connectivity index (χ1n) is 9.37. The van der Waals surface area contributed by atoms with Gasteiger partial charge in [0.15, 0.2) is 0 Å². The molecule has 0 aliphatic heterocycles. The van der Waals surface area contributed by atoms with Crippen LogP contribution in [0.15, 0.2) is 39.8 Å². The van der Waals surface area contributed by atoms with Gasteiger partial charge in [-0.05, 0) is 44.2 Å². The van der Waals surface area contributed by atoms with Crippen LogP contribution in [0.1, 0.15) is 47.8 Å². The maximum atomic E-state index is 12.7. The third-order valence-electron chi connectivity index (χ3n) is 5.44. The van der Waals surface area contributed by atoms with Gasteiger partial charge < -0.3 is 9.73 Å². The van der Waals surface area contributed by atoms with Crippen LogP contribution in [-0.2, 0) is 17.8 Å². The third kappa shape index (κ3) is 3.27. The normalized spacial score (nSPS) is 16.3. The molecule has 140 valence electrons. The zero-order valence-electron chi connectivity index (χ0n) is 15.6. The van der Waals surface area contributed by atoms with Crippen molar-refractivity contribution >= 4 is 17.0 Å². The number of carbonyl (C=O) groups is 1. The first kappa shape index (κ1) is 17.5. The molecular weight excluding hydrogens is 342 g/mol. The number of hydrogen-bond acceptors (Lipinski definition) is 4. The van der Waals surface area contributed by atoms with Crippen LogP contribution in [0.4, 0.5) is 0 Å². The minimum atomic E-state index is -0.162. The van der Waals surface area contributed by atoms with Gasteiger partial charge in [-0.1, -0.05) is 24.3 Å². The Morgan fingerprint density at radius 1 is 1.33 bits per heavy atom. The number of carbonyl (C=O) groups excluding carboxylic acids is 1. The van der Waals surface area contributed by atoms with Gasteiger partial charge in [0.1, 0.15) is 17.5 Å². The van der Waals surface area contributed by atoms with Crippen LogP contribution >= 0.6 is 0 Å². The van der Waals surface area contributed by atoms with Gasteiger partial charge in [-0.3, -0.25) is 14.2 Å². The quantitative estimate of drug-likeness (QED) is 0.770. The molecule has 0 bridgehead atoms. The van der Waals surface area contributed by atoms with Crippen molar-refractivity contribution in [3.63, 3.8) is 0 Å². The minimum Gasteiger partial charge on any atom is -0.443 e. The summed E-state index contributed by atoms with van der Waals surface area (Å²) in [5, 5.41) is 3.62. The van der Waals surface area contributed by atoms with Gasteiger partial charge in [0.25, 0.3) is 5.56 Å². The summed E-state index contributed by atoms with van der Waals surface area (Å²) in [5.74, 6) is 0.643. The minimum absolute atomic E-state index is 0.0520. The molecule has 2 heterocycles. The first-order valence-corrected chi connectivity index (χ1v) is 9.37. The van der Waals surface area contributed by atoms with E-state index in [1.54, 1.807) is 0 Å². The molecule has 1 amide bonds. The molecule has 2 aromatic heterocycles. The Balaban J connectivity index is 1.46. The van der Waals surface area contributed by atoms with E-state index in [0.29, 0.717) is 23.4 Å². The molecule has 6 heteroatoms. The van der Waals surface area contributed by atoms with E-state index < -0.39 is 0 Å². The molecule has 0 fully saturated rings. The molecule has 4 rings (SSSR count). The summed E-state index contributed by atoms with van der Waals surface area (Å²) in [6.07, 6.45) is 4.77. The molecule has 1 aliphatic carbocycles. The monoisotopic (exact) mass is 365 g/mol. The number of aryl methyl sites for hydroxylation is 4. The van der Waals surface area contributed by atoms with Gasteiger partial charge >= 0.3 is 0 Å². The topological polar surface area (TPSA) is 77.1 Å². The summed E-state index contributed by atoms with van der Waals surface area (Å²) in [7, 11) is 0. The van der Waals surface area contributed by atoms with Crippen LogP contribution in [0.2, 0.25) is 0 Å². The Bertz CT molecular complexity index is 1060. The molecule has 1 aliphatic rings. The van der Waals surface area contributed by atoms with Crippen LogP contribution in [0.25, 0.3) is 11.1 Å². The fourth-order valence-electron chi connectivity index (χ4n) is 3.82. The van der Waals surface area contributed by atoms with Crippen LogP contribution < -0.4 is 10.9 Å². The number of rotatable bonds is 4. The highest BCUT2D eigenvalue weighted by Crippen LogP contribution is 2.29. The molecule has 6 nitrogen and oxygen atoms in total. The Labute approximate surface area is 157 Å². The number of aromatic nitrogens is 2. The third-order valence-corrected chi connectivity index (χ3v) is 5.44. The Kier molecular flexibility index (Phi) is 4.56. The summed E-state index contributed by atoms with van der Waals surface area (Å²) >= 11 is 0. The first-order chi connectivity index (χ1) is 13.0. The second-order valence-electron chi connectivity index (χ2n) is 7.17. The lowest BCUT2D eigenvalue weighted by Gasteiger charge is -2.26. The number of nitrogens with one attached hydrogen (secondary N) is 1. The predicted molar refractivity (Wildman–Crippen MR) is 103 cm³/mol. The molecule has 1 N–H and O–H groups in total. The fraction of sp³-hybridized carbons (Fsp3) is 0.381. The molecule has 1 aromatic carbocycles. The maximum absolute atomic E-state index is 12.7. The Hall–Kier alpha value is -2.89.